The topological polar surface area (TPSA) is 136 Å². The van der Waals surface area contributed by atoms with Crippen molar-refractivity contribution in [2.45, 2.75) is 6.92 Å². The van der Waals surface area contributed by atoms with E-state index in [0.717, 1.165) is 6.08 Å². The molecule has 9 heteroatoms. The first-order chi connectivity index (χ1) is 11.3. The van der Waals surface area contributed by atoms with E-state index in [2.05, 4.69) is 4.74 Å². The molecule has 0 aliphatic heterocycles. The summed E-state index contributed by atoms with van der Waals surface area (Å²) in [5.74, 6) is -1.57. The Labute approximate surface area is 141 Å². The maximum Gasteiger partial charge on any atom is 0.331 e. The molecule has 0 bridgehead atoms. The normalized spacial score (nSPS) is 11.5. The van der Waals surface area contributed by atoms with Crippen molar-refractivity contribution in [2.75, 3.05) is 6.61 Å². The summed E-state index contributed by atoms with van der Waals surface area (Å²) < 4.78 is 4.68. The minimum absolute atomic E-state index is 0.0294. The van der Waals surface area contributed by atoms with Crippen LogP contribution in [-0.4, -0.2) is 23.3 Å². The average molecular weight is 350 g/mol. The molecule has 0 atom stereocenters. The predicted octanol–water partition coefficient (Wildman–Crippen LogP) is 2.13. The van der Waals surface area contributed by atoms with Crippen LogP contribution in [0.2, 0.25) is 5.02 Å². The van der Waals surface area contributed by atoms with Crippen molar-refractivity contribution in [2.24, 2.45) is 5.73 Å². The summed E-state index contributed by atoms with van der Waals surface area (Å²) in [5, 5.41) is 19.5. The molecule has 0 spiro atoms. The summed E-state index contributed by atoms with van der Waals surface area (Å²) in [6.45, 7) is 0.743. The number of benzene rings is 1. The number of rotatable bonds is 6. The van der Waals surface area contributed by atoms with E-state index in [1.165, 1.54) is 31.2 Å². The zero-order valence-electron chi connectivity index (χ0n) is 12.5. The van der Waals surface area contributed by atoms with E-state index in [4.69, 9.17) is 22.6 Å². The Morgan fingerprint density at radius 3 is 2.71 bits per heavy atom. The Bertz CT molecular complexity index is 789. The SMILES string of the molecule is CC(N)=C(C#N)C(=O)COC(=O)C=Cc1ccc(Cl)c([N+](=O)[O-])c1. The van der Waals surface area contributed by atoms with Crippen LogP contribution in [0.3, 0.4) is 0 Å². The lowest BCUT2D eigenvalue weighted by molar-refractivity contribution is -0.384. The van der Waals surface area contributed by atoms with Gasteiger partial charge in [0.25, 0.3) is 5.69 Å². The second-order valence-electron chi connectivity index (χ2n) is 4.50. The Kier molecular flexibility index (Phi) is 6.64. The molecule has 0 aromatic heterocycles. The summed E-state index contributed by atoms with van der Waals surface area (Å²) in [7, 11) is 0. The Morgan fingerprint density at radius 1 is 1.50 bits per heavy atom. The molecular formula is C15H12ClN3O5. The molecule has 0 saturated carbocycles. The molecule has 0 amide bonds. The molecule has 0 radical (unpaired) electrons. The highest BCUT2D eigenvalue weighted by atomic mass is 35.5. The van der Waals surface area contributed by atoms with Crippen LogP contribution in [0.1, 0.15) is 12.5 Å². The third kappa shape index (κ3) is 5.23. The van der Waals surface area contributed by atoms with Crippen molar-refractivity contribution in [3.63, 3.8) is 0 Å². The highest BCUT2D eigenvalue weighted by Gasteiger charge is 2.14. The van der Waals surface area contributed by atoms with Crippen LogP contribution in [0.5, 0.6) is 0 Å². The number of nitrogens with two attached hydrogens (primary N) is 1. The van der Waals surface area contributed by atoms with Gasteiger partial charge >= 0.3 is 5.97 Å². The van der Waals surface area contributed by atoms with E-state index in [1.807, 2.05) is 0 Å². The number of halogens is 1. The average Bonchev–Trinajstić information content (AvgIpc) is 2.52. The van der Waals surface area contributed by atoms with Crippen molar-refractivity contribution in [1.82, 2.24) is 0 Å². The lowest BCUT2D eigenvalue weighted by Gasteiger charge is -2.02. The molecule has 0 heterocycles. The van der Waals surface area contributed by atoms with Crippen LogP contribution in [0.25, 0.3) is 6.08 Å². The van der Waals surface area contributed by atoms with E-state index >= 15 is 0 Å². The highest BCUT2D eigenvalue weighted by Crippen LogP contribution is 2.25. The maximum atomic E-state index is 11.6. The second-order valence-corrected chi connectivity index (χ2v) is 4.91. The van der Waals surface area contributed by atoms with Crippen LogP contribution < -0.4 is 5.73 Å². The van der Waals surface area contributed by atoms with Crippen molar-refractivity contribution in [3.8, 4) is 6.07 Å². The first kappa shape index (κ1) is 18.9. The molecular weight excluding hydrogens is 338 g/mol. The third-order valence-electron chi connectivity index (χ3n) is 2.71. The number of Topliss-reactive ketones (excluding diaryl/α,β-unsaturated/α-hetero) is 1. The number of nitro benzene ring substituents is 1. The number of carbonyl (C=O) groups excluding carboxylic acids is 2. The van der Waals surface area contributed by atoms with Crippen LogP contribution in [0, 0.1) is 21.4 Å². The fourth-order valence-corrected chi connectivity index (χ4v) is 1.75. The molecule has 1 rings (SSSR count). The number of hydrogen-bond acceptors (Lipinski definition) is 7. The minimum atomic E-state index is -0.854. The first-order valence-corrected chi connectivity index (χ1v) is 6.82. The Balaban J connectivity index is 2.73. The molecule has 0 aliphatic carbocycles. The van der Waals surface area contributed by atoms with Gasteiger partial charge in [-0.05, 0) is 24.6 Å². The number of ether oxygens (including phenoxy) is 1. The van der Waals surface area contributed by atoms with E-state index in [1.54, 1.807) is 6.07 Å². The van der Waals surface area contributed by atoms with Crippen LogP contribution in [0.15, 0.2) is 35.5 Å². The number of carbonyl (C=O) groups is 2. The number of nitrogens with zero attached hydrogens (tertiary/aromatic N) is 2. The lowest BCUT2D eigenvalue weighted by atomic mass is 10.1. The Hall–Kier alpha value is -3.18. The number of allylic oxidation sites excluding steroid dienone is 1. The van der Waals surface area contributed by atoms with E-state index in [0.29, 0.717) is 5.56 Å². The fraction of sp³-hybridized carbons (Fsp3) is 0.133. The summed E-state index contributed by atoms with van der Waals surface area (Å²) in [4.78, 5) is 33.2. The zero-order valence-corrected chi connectivity index (χ0v) is 13.2. The van der Waals surface area contributed by atoms with Crippen molar-refractivity contribution >= 4 is 35.1 Å². The van der Waals surface area contributed by atoms with Gasteiger partial charge in [0, 0.05) is 17.8 Å². The molecule has 124 valence electrons. The number of esters is 1. The van der Waals surface area contributed by atoms with Gasteiger partial charge in [-0.25, -0.2) is 4.79 Å². The van der Waals surface area contributed by atoms with Gasteiger partial charge < -0.3 is 10.5 Å². The van der Waals surface area contributed by atoms with Gasteiger partial charge in [0.1, 0.15) is 16.7 Å². The Morgan fingerprint density at radius 2 is 2.17 bits per heavy atom. The summed E-state index contributed by atoms with van der Waals surface area (Å²) in [6.07, 6.45) is 2.26. The van der Waals surface area contributed by atoms with Gasteiger partial charge in [0.05, 0.1) is 4.92 Å². The molecule has 1 aromatic carbocycles. The second kappa shape index (κ2) is 8.45. The third-order valence-corrected chi connectivity index (χ3v) is 3.03. The van der Waals surface area contributed by atoms with Gasteiger partial charge in [-0.1, -0.05) is 17.7 Å². The van der Waals surface area contributed by atoms with Gasteiger partial charge in [0.2, 0.25) is 5.78 Å². The fourth-order valence-electron chi connectivity index (χ4n) is 1.56. The molecule has 0 aliphatic rings. The quantitative estimate of drug-likeness (QED) is 0.273. The van der Waals surface area contributed by atoms with Crippen LogP contribution in [-0.2, 0) is 14.3 Å². The smallest absolute Gasteiger partial charge is 0.331 e. The molecule has 0 saturated heterocycles. The van der Waals surface area contributed by atoms with Gasteiger partial charge in [-0.2, -0.15) is 5.26 Å². The maximum absolute atomic E-state index is 11.6. The zero-order chi connectivity index (χ0) is 18.3. The van der Waals surface area contributed by atoms with Crippen LogP contribution in [0.4, 0.5) is 5.69 Å². The van der Waals surface area contributed by atoms with E-state index in [9.17, 15) is 19.7 Å². The monoisotopic (exact) mass is 349 g/mol. The predicted molar refractivity (Wildman–Crippen MR) is 85.6 cm³/mol. The summed E-state index contributed by atoms with van der Waals surface area (Å²) >= 11 is 5.67. The summed E-state index contributed by atoms with van der Waals surface area (Å²) in [5.41, 5.74) is 5.16. The van der Waals surface area contributed by atoms with Crippen molar-refractivity contribution in [3.05, 3.63) is 56.2 Å². The number of nitriles is 1. The van der Waals surface area contributed by atoms with E-state index in [-0.39, 0.29) is 22.0 Å². The van der Waals surface area contributed by atoms with Gasteiger partial charge in [-0.15, -0.1) is 0 Å². The molecule has 8 nitrogen and oxygen atoms in total. The molecule has 24 heavy (non-hydrogen) atoms. The number of hydrogen-bond donors (Lipinski definition) is 1. The van der Waals surface area contributed by atoms with Crippen molar-refractivity contribution in [1.29, 1.82) is 5.26 Å². The largest absolute Gasteiger partial charge is 0.454 e. The summed E-state index contributed by atoms with van der Waals surface area (Å²) in [6, 6.07) is 5.60. The molecule has 0 unspecified atom stereocenters. The molecule has 0 fully saturated rings. The van der Waals surface area contributed by atoms with Gasteiger partial charge in [-0.3, -0.25) is 14.9 Å². The van der Waals surface area contributed by atoms with Gasteiger partial charge in [0.15, 0.2) is 6.61 Å². The van der Waals surface area contributed by atoms with E-state index < -0.39 is 23.3 Å². The first-order valence-electron chi connectivity index (χ1n) is 6.44. The van der Waals surface area contributed by atoms with Crippen molar-refractivity contribution < 1.29 is 19.2 Å². The highest BCUT2D eigenvalue weighted by molar-refractivity contribution is 6.32. The number of nitro groups is 1. The lowest BCUT2D eigenvalue weighted by Crippen LogP contribution is -2.16. The molecule has 1 aromatic rings. The standard InChI is InChI=1S/C15H12ClN3O5/c1-9(18)11(7-17)14(20)8-24-15(21)5-3-10-2-4-12(16)13(6-10)19(22)23/h2-6H,8,18H2,1H3. The minimum Gasteiger partial charge on any atom is -0.454 e. The van der Waals surface area contributed by atoms with Crippen LogP contribution >= 0.6 is 11.6 Å². The number of ketones is 1. The molecule has 2 N–H and O–H groups in total.